The zero-order chi connectivity index (χ0) is 18.4. The molecule has 7 heteroatoms. The molecule has 2 rings (SSSR count). The number of amides is 2. The van der Waals surface area contributed by atoms with Gasteiger partial charge in [-0.25, -0.2) is 0 Å². The fourth-order valence-corrected chi connectivity index (χ4v) is 3.45. The summed E-state index contributed by atoms with van der Waals surface area (Å²) in [7, 11) is 3.05. The van der Waals surface area contributed by atoms with Gasteiger partial charge in [0.1, 0.15) is 0 Å². The maximum atomic E-state index is 12.8. The minimum absolute atomic E-state index is 0.0253. The first-order valence-corrected chi connectivity index (χ1v) is 8.52. The fraction of sp³-hybridized carbons (Fsp3) is 0.556. The summed E-state index contributed by atoms with van der Waals surface area (Å²) in [4.78, 5) is 26.0. The van der Waals surface area contributed by atoms with Crippen LogP contribution in [0.25, 0.3) is 0 Å². The molecule has 3 N–H and O–H groups in total. The molecule has 7 nitrogen and oxygen atoms in total. The van der Waals surface area contributed by atoms with Gasteiger partial charge in [0.05, 0.1) is 26.3 Å². The second kappa shape index (κ2) is 8.71. The topological polar surface area (TPSA) is 93.9 Å². The number of benzene rings is 1. The Morgan fingerprint density at radius 2 is 2.04 bits per heavy atom. The van der Waals surface area contributed by atoms with Gasteiger partial charge in [-0.05, 0) is 24.5 Å². The van der Waals surface area contributed by atoms with Crippen molar-refractivity contribution in [1.82, 2.24) is 10.2 Å². The van der Waals surface area contributed by atoms with Crippen LogP contribution in [0.5, 0.6) is 11.5 Å². The highest BCUT2D eigenvalue weighted by Crippen LogP contribution is 2.31. The third-order valence-electron chi connectivity index (χ3n) is 4.52. The van der Waals surface area contributed by atoms with Crippen molar-refractivity contribution in [3.8, 4) is 11.5 Å². The van der Waals surface area contributed by atoms with Crippen LogP contribution < -0.4 is 20.5 Å². The van der Waals surface area contributed by atoms with Gasteiger partial charge in [-0.15, -0.1) is 0 Å². The van der Waals surface area contributed by atoms with Crippen LogP contribution in [0.4, 0.5) is 0 Å². The van der Waals surface area contributed by atoms with Gasteiger partial charge in [-0.2, -0.15) is 0 Å². The van der Waals surface area contributed by atoms with E-state index in [0.29, 0.717) is 29.5 Å². The van der Waals surface area contributed by atoms with Crippen molar-refractivity contribution < 1.29 is 19.1 Å². The average Bonchev–Trinajstić information content (AvgIpc) is 2.94. The summed E-state index contributed by atoms with van der Waals surface area (Å²) in [6, 6.07) is 5.19. The largest absolute Gasteiger partial charge is 0.493 e. The number of para-hydroxylation sites is 1. The van der Waals surface area contributed by atoms with Crippen molar-refractivity contribution >= 4 is 11.8 Å². The van der Waals surface area contributed by atoms with E-state index in [2.05, 4.69) is 12.2 Å². The number of carbonyl (C=O) groups is 2. The van der Waals surface area contributed by atoms with Crippen molar-refractivity contribution in [2.75, 3.05) is 33.9 Å². The second-order valence-corrected chi connectivity index (χ2v) is 6.33. The van der Waals surface area contributed by atoms with E-state index in [9.17, 15) is 9.59 Å². The number of likely N-dealkylation sites (tertiary alicyclic amines) is 1. The van der Waals surface area contributed by atoms with E-state index in [1.54, 1.807) is 18.2 Å². The number of nitrogens with two attached hydrogens (primary N) is 1. The van der Waals surface area contributed by atoms with E-state index >= 15 is 0 Å². The minimum atomic E-state index is -0.350. The van der Waals surface area contributed by atoms with Crippen LogP contribution in [0.3, 0.4) is 0 Å². The van der Waals surface area contributed by atoms with Crippen molar-refractivity contribution in [3.63, 3.8) is 0 Å². The molecule has 1 saturated heterocycles. The molecule has 0 saturated carbocycles. The van der Waals surface area contributed by atoms with Crippen molar-refractivity contribution in [2.45, 2.75) is 25.8 Å². The second-order valence-electron chi connectivity index (χ2n) is 6.33. The third-order valence-corrected chi connectivity index (χ3v) is 4.52. The molecule has 1 heterocycles. The van der Waals surface area contributed by atoms with Crippen LogP contribution in [0.15, 0.2) is 18.2 Å². The van der Waals surface area contributed by atoms with Gasteiger partial charge >= 0.3 is 0 Å². The Labute approximate surface area is 148 Å². The number of methoxy groups -OCH3 is 2. The van der Waals surface area contributed by atoms with E-state index < -0.39 is 0 Å². The molecule has 0 spiro atoms. The number of hydrogen-bond acceptors (Lipinski definition) is 5. The van der Waals surface area contributed by atoms with Gasteiger partial charge in [0.25, 0.3) is 5.91 Å². The Morgan fingerprint density at radius 1 is 1.28 bits per heavy atom. The number of nitrogens with zero attached hydrogens (tertiary/aromatic N) is 1. The summed E-state index contributed by atoms with van der Waals surface area (Å²) in [6.07, 6.45) is 2.00. The van der Waals surface area contributed by atoms with Gasteiger partial charge in [0.2, 0.25) is 5.91 Å². The summed E-state index contributed by atoms with van der Waals surface area (Å²) >= 11 is 0. The molecule has 1 aliphatic heterocycles. The standard InChI is InChI=1S/C18H27N3O4/c1-4-6-12-9-21(11-16(19)22)10-14(12)20-18(23)13-7-5-8-15(24-2)17(13)25-3/h5,7-8,12,14H,4,6,9-11H2,1-3H3,(H2,19,22)(H,20,23)/t12-,14-/m1/s1. The number of primary amides is 1. The van der Waals surface area contributed by atoms with Crippen LogP contribution in [0, 0.1) is 5.92 Å². The lowest BCUT2D eigenvalue weighted by Gasteiger charge is -2.20. The van der Waals surface area contributed by atoms with Gasteiger partial charge in [0.15, 0.2) is 11.5 Å². The van der Waals surface area contributed by atoms with Gasteiger partial charge in [-0.3, -0.25) is 14.5 Å². The van der Waals surface area contributed by atoms with Crippen LogP contribution in [0.1, 0.15) is 30.1 Å². The number of hydrogen-bond donors (Lipinski definition) is 2. The molecule has 0 aromatic heterocycles. The van der Waals surface area contributed by atoms with Crippen molar-refractivity contribution in [3.05, 3.63) is 23.8 Å². The lowest BCUT2D eigenvalue weighted by Crippen LogP contribution is -2.41. The summed E-state index contributed by atoms with van der Waals surface area (Å²) < 4.78 is 10.6. The summed E-state index contributed by atoms with van der Waals surface area (Å²) in [5, 5.41) is 3.09. The van der Waals surface area contributed by atoms with Crippen molar-refractivity contribution in [2.24, 2.45) is 11.7 Å². The van der Waals surface area contributed by atoms with Gasteiger partial charge in [0, 0.05) is 19.1 Å². The summed E-state index contributed by atoms with van der Waals surface area (Å²) in [5.74, 6) is 0.674. The van der Waals surface area contributed by atoms with E-state index in [0.717, 1.165) is 19.4 Å². The van der Waals surface area contributed by atoms with Crippen LogP contribution >= 0.6 is 0 Å². The number of ether oxygens (including phenoxy) is 2. The summed E-state index contributed by atoms with van der Waals surface area (Å²) in [6.45, 7) is 3.71. The molecule has 25 heavy (non-hydrogen) atoms. The van der Waals surface area contributed by atoms with Crippen LogP contribution in [-0.4, -0.2) is 56.6 Å². The highest BCUT2D eigenvalue weighted by Gasteiger charge is 2.34. The Kier molecular flexibility index (Phi) is 6.64. The lowest BCUT2D eigenvalue weighted by molar-refractivity contribution is -0.118. The highest BCUT2D eigenvalue weighted by atomic mass is 16.5. The normalized spacial score (nSPS) is 20.3. The first kappa shape index (κ1) is 19.1. The molecule has 1 aliphatic rings. The Morgan fingerprint density at radius 3 is 2.64 bits per heavy atom. The fourth-order valence-electron chi connectivity index (χ4n) is 3.45. The molecule has 0 bridgehead atoms. The molecule has 1 aromatic rings. The van der Waals surface area contributed by atoms with E-state index in [1.807, 2.05) is 4.90 Å². The SMILES string of the molecule is CCC[C@@H]1CN(CC(N)=O)C[C@H]1NC(=O)c1cccc(OC)c1OC. The minimum Gasteiger partial charge on any atom is -0.493 e. The first-order chi connectivity index (χ1) is 12.0. The van der Waals surface area contributed by atoms with Crippen LogP contribution in [-0.2, 0) is 4.79 Å². The number of rotatable bonds is 8. The van der Waals surface area contributed by atoms with Gasteiger partial charge < -0.3 is 20.5 Å². The van der Waals surface area contributed by atoms with Crippen molar-refractivity contribution in [1.29, 1.82) is 0 Å². The van der Waals surface area contributed by atoms with Gasteiger partial charge in [-0.1, -0.05) is 19.4 Å². The van der Waals surface area contributed by atoms with Crippen LogP contribution in [0.2, 0.25) is 0 Å². The third kappa shape index (κ3) is 4.63. The molecule has 2 amide bonds. The van der Waals surface area contributed by atoms with E-state index in [-0.39, 0.29) is 24.4 Å². The highest BCUT2D eigenvalue weighted by molar-refractivity contribution is 5.98. The zero-order valence-electron chi connectivity index (χ0n) is 15.1. The van der Waals surface area contributed by atoms with E-state index in [4.69, 9.17) is 15.2 Å². The predicted molar refractivity (Wildman–Crippen MR) is 94.8 cm³/mol. The number of carbonyl (C=O) groups excluding carboxylic acids is 2. The molecule has 2 atom stereocenters. The molecule has 0 aliphatic carbocycles. The Hall–Kier alpha value is -2.28. The quantitative estimate of drug-likeness (QED) is 0.731. The summed E-state index contributed by atoms with van der Waals surface area (Å²) in [5.41, 5.74) is 5.74. The lowest BCUT2D eigenvalue weighted by atomic mass is 9.98. The van der Waals surface area contributed by atoms with E-state index in [1.165, 1.54) is 14.2 Å². The predicted octanol–water partition coefficient (Wildman–Crippen LogP) is 1.02. The molecular weight excluding hydrogens is 322 g/mol. The molecule has 138 valence electrons. The molecule has 1 fully saturated rings. The monoisotopic (exact) mass is 349 g/mol. The maximum absolute atomic E-state index is 12.8. The maximum Gasteiger partial charge on any atom is 0.255 e. The smallest absolute Gasteiger partial charge is 0.255 e. The first-order valence-electron chi connectivity index (χ1n) is 8.52. The molecule has 0 radical (unpaired) electrons. The Balaban J connectivity index is 2.14. The zero-order valence-corrected chi connectivity index (χ0v) is 15.1. The average molecular weight is 349 g/mol. The molecular formula is C18H27N3O4. The molecule has 1 aromatic carbocycles. The molecule has 0 unspecified atom stereocenters. The Bertz CT molecular complexity index is 620. The number of nitrogens with one attached hydrogen (secondary N) is 1.